The van der Waals surface area contributed by atoms with Crippen LogP contribution in [0, 0.1) is 0 Å². The van der Waals surface area contributed by atoms with Gasteiger partial charge in [0.05, 0.1) is 4.90 Å². The van der Waals surface area contributed by atoms with Crippen molar-refractivity contribution in [2.45, 2.75) is 38.1 Å². The Labute approximate surface area is 218 Å². The number of unbranched alkanes of at least 4 members (excludes halogenated alkanes) is 1. The van der Waals surface area contributed by atoms with Crippen LogP contribution in [-0.2, 0) is 6.54 Å². The Balaban J connectivity index is 1.60. The lowest BCUT2D eigenvalue weighted by molar-refractivity contribution is 0.174. The highest BCUT2D eigenvalue weighted by atomic mass is 35.5. The summed E-state index contributed by atoms with van der Waals surface area (Å²) in [6.45, 7) is 8.21. The number of fused-ring (bicyclic) bond motifs is 2. The van der Waals surface area contributed by atoms with Crippen LogP contribution in [0.4, 0.5) is 0 Å². The summed E-state index contributed by atoms with van der Waals surface area (Å²) in [6.07, 6.45) is 1.77. The van der Waals surface area contributed by atoms with Crippen LogP contribution in [0.25, 0.3) is 10.8 Å². The fourth-order valence-corrected chi connectivity index (χ4v) is 6.17. The molecule has 9 heteroatoms. The van der Waals surface area contributed by atoms with E-state index in [1.165, 1.54) is 0 Å². The fraction of sp³-hybridized carbons (Fsp3) is 0.385. The summed E-state index contributed by atoms with van der Waals surface area (Å²) in [5, 5.41) is 2.99. The minimum atomic E-state index is -3.29. The third-order valence-corrected chi connectivity index (χ3v) is 8.87. The number of nitrogens with zero attached hydrogens (tertiary/aromatic N) is 2. The Morgan fingerprint density at radius 2 is 1.51 bits per heavy atom. The smallest absolute Gasteiger partial charge is 0.231 e. The molecular weight excluding hydrogens is 507 g/mol. The molecule has 0 saturated heterocycles. The van der Waals surface area contributed by atoms with Crippen molar-refractivity contribution in [2.24, 2.45) is 0 Å². The van der Waals surface area contributed by atoms with Gasteiger partial charge in [-0.3, -0.25) is 9.11 Å². The van der Waals surface area contributed by atoms with E-state index in [-0.39, 0.29) is 13.3 Å². The number of ether oxygens (including phenoxy) is 2. The van der Waals surface area contributed by atoms with Gasteiger partial charge in [0.25, 0.3) is 0 Å². The third-order valence-electron chi connectivity index (χ3n) is 6.36. The second kappa shape index (κ2) is 11.6. The van der Waals surface area contributed by atoms with Gasteiger partial charge in [-0.25, -0.2) is 0 Å². The van der Waals surface area contributed by atoms with Crippen LogP contribution in [0.3, 0.4) is 0 Å². The van der Waals surface area contributed by atoms with Crippen molar-refractivity contribution in [3.63, 3.8) is 0 Å². The minimum Gasteiger partial charge on any atom is -0.454 e. The summed E-state index contributed by atoms with van der Waals surface area (Å²) < 4.78 is 35.7. The molecule has 4 rings (SSSR count). The van der Waals surface area contributed by atoms with Gasteiger partial charge in [-0.1, -0.05) is 49.2 Å². The van der Waals surface area contributed by atoms with Gasteiger partial charge in [0.1, 0.15) is 0 Å². The molecule has 0 atom stereocenters. The Morgan fingerprint density at radius 1 is 0.857 bits per heavy atom. The molecule has 3 aromatic carbocycles. The molecule has 0 radical (unpaired) electrons. The second-order valence-electron chi connectivity index (χ2n) is 8.57. The molecule has 0 amide bonds. The zero-order chi connectivity index (χ0) is 25.0. The molecule has 1 aliphatic heterocycles. The third kappa shape index (κ3) is 6.17. The lowest BCUT2D eigenvalue weighted by atomic mass is 10.1. The summed E-state index contributed by atoms with van der Waals surface area (Å²) in [5.41, 5.74) is 0.757. The van der Waals surface area contributed by atoms with Gasteiger partial charge in [0.2, 0.25) is 6.79 Å². The van der Waals surface area contributed by atoms with E-state index in [0.717, 1.165) is 48.8 Å². The van der Waals surface area contributed by atoms with Crippen LogP contribution in [-0.4, -0.2) is 51.3 Å². The van der Waals surface area contributed by atoms with E-state index < -0.39 is 10.8 Å². The Bertz CT molecular complexity index is 1170. The predicted octanol–water partition coefficient (Wildman–Crippen LogP) is 7.52. The highest BCUT2D eigenvalue weighted by Crippen LogP contribution is 2.53. The van der Waals surface area contributed by atoms with Crippen molar-refractivity contribution in [1.29, 1.82) is 0 Å². The molecule has 0 fully saturated rings. The van der Waals surface area contributed by atoms with E-state index in [0.29, 0.717) is 33.0 Å². The predicted molar refractivity (Wildman–Crippen MR) is 145 cm³/mol. The van der Waals surface area contributed by atoms with Gasteiger partial charge in [-0.2, -0.15) is 4.31 Å². The minimum absolute atomic E-state index is 0.153. The second-order valence-corrected chi connectivity index (χ2v) is 11.4. The summed E-state index contributed by atoms with van der Waals surface area (Å²) >= 11 is 12.7. The molecule has 6 nitrogen and oxygen atoms in total. The molecule has 3 aromatic rings. The molecule has 0 bridgehead atoms. The number of rotatable bonds is 11. The molecule has 0 aromatic heterocycles. The molecule has 0 saturated carbocycles. The van der Waals surface area contributed by atoms with Crippen molar-refractivity contribution in [3.8, 4) is 11.5 Å². The highest BCUT2D eigenvalue weighted by Gasteiger charge is 2.27. The topological polar surface area (TPSA) is 65.4 Å². The normalized spacial score (nSPS) is 13.8. The van der Waals surface area contributed by atoms with E-state index in [1.807, 2.05) is 30.3 Å². The first-order valence-electron chi connectivity index (χ1n) is 11.8. The van der Waals surface area contributed by atoms with Crippen molar-refractivity contribution in [3.05, 3.63) is 64.1 Å². The molecule has 0 spiro atoms. The first kappa shape index (κ1) is 26.4. The largest absolute Gasteiger partial charge is 0.454 e. The van der Waals surface area contributed by atoms with E-state index in [1.54, 1.807) is 22.5 Å². The molecule has 0 aliphatic carbocycles. The Morgan fingerprint density at radius 3 is 2.26 bits per heavy atom. The fourth-order valence-electron chi connectivity index (χ4n) is 4.24. The SMILES string of the molecule is CCN(CC)CCCCN(Cc1cc2c(cc1Cl)OCO2)S(O)(O)c1ccc2cc(Cl)ccc2c1. The van der Waals surface area contributed by atoms with Crippen LogP contribution in [0.2, 0.25) is 10.0 Å². The average Bonchev–Trinajstić information content (AvgIpc) is 3.30. The van der Waals surface area contributed by atoms with E-state index in [4.69, 9.17) is 32.7 Å². The van der Waals surface area contributed by atoms with Gasteiger partial charge in [0, 0.05) is 29.2 Å². The van der Waals surface area contributed by atoms with Crippen LogP contribution < -0.4 is 9.47 Å². The zero-order valence-corrected chi connectivity index (χ0v) is 22.4. The van der Waals surface area contributed by atoms with Crippen LogP contribution in [0.1, 0.15) is 32.3 Å². The lowest BCUT2D eigenvalue weighted by Gasteiger charge is -2.43. The number of benzene rings is 3. The van der Waals surface area contributed by atoms with Gasteiger partial charge >= 0.3 is 0 Å². The van der Waals surface area contributed by atoms with Crippen LogP contribution >= 0.6 is 34.0 Å². The molecule has 1 heterocycles. The quantitative estimate of drug-likeness (QED) is 0.246. The standard InChI is InChI=1S/C26H32Cl2N2O4S/c1-3-29(4-2)11-5-6-12-30(17-21-15-25-26(16-24(21)28)34-18-33-25)35(31,32)23-10-8-19-13-22(27)9-7-20(19)14-23/h7-10,13-16,31-32H,3-6,11-12,17-18H2,1-2H3. The number of hydrogen-bond acceptors (Lipinski definition) is 6. The van der Waals surface area contributed by atoms with Gasteiger partial charge in [0.15, 0.2) is 11.5 Å². The van der Waals surface area contributed by atoms with Gasteiger partial charge in [-0.15, -0.1) is 10.8 Å². The monoisotopic (exact) mass is 538 g/mol. The molecule has 35 heavy (non-hydrogen) atoms. The van der Waals surface area contributed by atoms with Crippen molar-refractivity contribution in [2.75, 3.05) is 33.0 Å². The van der Waals surface area contributed by atoms with Crippen molar-refractivity contribution >= 4 is 44.8 Å². The first-order valence-corrected chi connectivity index (χ1v) is 14.1. The first-order chi connectivity index (χ1) is 16.8. The lowest BCUT2D eigenvalue weighted by Crippen LogP contribution is -2.30. The average molecular weight is 540 g/mol. The number of hydrogen-bond donors (Lipinski definition) is 2. The Hall–Kier alpha value is -1.71. The maximum atomic E-state index is 11.5. The van der Waals surface area contributed by atoms with Crippen molar-refractivity contribution in [1.82, 2.24) is 9.21 Å². The molecule has 1 aliphatic rings. The van der Waals surface area contributed by atoms with Gasteiger partial charge < -0.3 is 14.4 Å². The van der Waals surface area contributed by atoms with E-state index >= 15 is 0 Å². The van der Waals surface area contributed by atoms with E-state index in [9.17, 15) is 9.11 Å². The molecule has 2 N–H and O–H groups in total. The molecule has 0 unspecified atom stereocenters. The maximum Gasteiger partial charge on any atom is 0.231 e. The van der Waals surface area contributed by atoms with E-state index in [2.05, 4.69) is 18.7 Å². The summed E-state index contributed by atoms with van der Waals surface area (Å²) in [6, 6.07) is 14.6. The van der Waals surface area contributed by atoms with Crippen LogP contribution in [0.15, 0.2) is 53.4 Å². The summed E-state index contributed by atoms with van der Waals surface area (Å²) in [5.74, 6) is 1.22. The molecular formula is C26H32Cl2N2O4S. The summed E-state index contributed by atoms with van der Waals surface area (Å²) in [4.78, 5) is 2.83. The number of halogens is 2. The van der Waals surface area contributed by atoms with Crippen molar-refractivity contribution < 1.29 is 18.6 Å². The Kier molecular flexibility index (Phi) is 8.71. The molecule has 190 valence electrons. The zero-order valence-electron chi connectivity index (χ0n) is 20.0. The summed E-state index contributed by atoms with van der Waals surface area (Å²) in [7, 11) is -3.29. The highest BCUT2D eigenvalue weighted by molar-refractivity contribution is 8.22. The van der Waals surface area contributed by atoms with Crippen LogP contribution in [0.5, 0.6) is 11.5 Å². The maximum absolute atomic E-state index is 11.5. The van der Waals surface area contributed by atoms with Gasteiger partial charge in [-0.05, 0) is 79.1 Å².